The van der Waals surface area contributed by atoms with E-state index in [2.05, 4.69) is 15.1 Å². The molecule has 0 unspecified atom stereocenters. The van der Waals surface area contributed by atoms with Crippen molar-refractivity contribution in [3.05, 3.63) is 89.5 Å². The summed E-state index contributed by atoms with van der Waals surface area (Å²) in [7, 11) is 0. The van der Waals surface area contributed by atoms with E-state index in [1.54, 1.807) is 0 Å². The van der Waals surface area contributed by atoms with Crippen molar-refractivity contribution in [2.45, 2.75) is 12.4 Å². The first kappa shape index (κ1) is 25.5. The summed E-state index contributed by atoms with van der Waals surface area (Å²) in [5.41, 5.74) is 1.51. The monoisotopic (exact) mass is 521 g/mol. The Morgan fingerprint density at radius 1 is 0.865 bits per heavy atom. The highest BCUT2D eigenvalue weighted by Crippen LogP contribution is 2.39. The van der Waals surface area contributed by atoms with Gasteiger partial charge in [-0.3, -0.25) is 9.78 Å². The van der Waals surface area contributed by atoms with E-state index in [9.17, 15) is 35.5 Å². The van der Waals surface area contributed by atoms with Crippen molar-refractivity contribution in [2.24, 2.45) is 5.73 Å². The number of rotatable bonds is 5. The quantitative estimate of drug-likeness (QED) is 0.271. The number of primary amides is 1. The Kier molecular flexibility index (Phi) is 6.55. The van der Waals surface area contributed by atoms with Gasteiger partial charge in [-0.1, -0.05) is 36.4 Å². The van der Waals surface area contributed by atoms with Crippen molar-refractivity contribution < 1.29 is 35.5 Å². The lowest BCUT2D eigenvalue weighted by atomic mass is 10.1. The van der Waals surface area contributed by atoms with E-state index in [0.717, 1.165) is 61.1 Å². The summed E-state index contributed by atoms with van der Waals surface area (Å²) >= 11 is 0. The van der Waals surface area contributed by atoms with Crippen LogP contribution in [0.15, 0.2) is 67.0 Å². The Bertz CT molecular complexity index is 1510. The Morgan fingerprint density at radius 3 is 2.00 bits per heavy atom. The van der Waals surface area contributed by atoms with Crippen LogP contribution in [-0.4, -0.2) is 25.7 Å². The minimum Gasteiger partial charge on any atom is -0.366 e. The summed E-state index contributed by atoms with van der Waals surface area (Å²) in [6.07, 6.45) is -6.92. The average Bonchev–Trinajstić information content (AvgIpc) is 3.25. The number of hydrogen-bond acceptors (Lipinski definition) is 4. The van der Waals surface area contributed by atoms with Gasteiger partial charge in [0.2, 0.25) is 0 Å². The molecule has 0 fully saturated rings. The normalized spacial score (nSPS) is 12.6. The fourth-order valence-electron chi connectivity index (χ4n) is 3.52. The largest absolute Gasteiger partial charge is 0.417 e. The highest BCUT2D eigenvalue weighted by molar-refractivity contribution is 6.22. The lowest BCUT2D eigenvalue weighted by molar-refractivity contribution is -0.137. The number of nitrogens with two attached hydrogens (primary N) is 1. The van der Waals surface area contributed by atoms with Gasteiger partial charge in [0, 0.05) is 29.1 Å². The fraction of sp³-hybridized carbons (Fsp3) is 0.0833. The number of carbonyl (C=O) groups is 1. The van der Waals surface area contributed by atoms with Gasteiger partial charge < -0.3 is 5.73 Å². The second-order valence-electron chi connectivity index (χ2n) is 7.59. The summed E-state index contributed by atoms with van der Waals surface area (Å²) in [4.78, 5) is 19.8. The van der Waals surface area contributed by atoms with E-state index >= 15 is 0 Å². The summed E-state index contributed by atoms with van der Waals surface area (Å²) in [6, 6.07) is 9.31. The maximum Gasteiger partial charge on any atom is 0.417 e. The molecule has 0 aliphatic carbocycles. The van der Waals surface area contributed by atoms with Crippen molar-refractivity contribution in [3.63, 3.8) is 0 Å². The molecule has 2 aromatic carbocycles. The van der Waals surface area contributed by atoms with Gasteiger partial charge in [0.15, 0.2) is 11.6 Å². The molecule has 0 radical (unpaired) electrons. The van der Waals surface area contributed by atoms with Crippen molar-refractivity contribution in [2.75, 3.05) is 0 Å². The first-order chi connectivity index (χ1) is 17.4. The molecule has 2 heterocycles. The molecule has 1 amide bonds. The lowest BCUT2D eigenvalue weighted by Gasteiger charge is -2.12. The number of amides is 1. The van der Waals surface area contributed by atoms with E-state index in [1.807, 2.05) is 0 Å². The molecule has 0 bridgehead atoms. The van der Waals surface area contributed by atoms with Gasteiger partial charge in [-0.2, -0.15) is 26.3 Å². The standard InChI is InChI=1S/C24H14F7N5O/c25-14-9-13(10-33-11-14)17(20(32)37)12-36-22(16-6-2-4-8-19(16)24(29,30)31)34-21(35-36)15-5-1-3-7-18(15)23(26,27)28/h1-12H,(H2,32,37)/b17-12+. The van der Waals surface area contributed by atoms with Gasteiger partial charge in [-0.25, -0.2) is 14.1 Å². The molecule has 2 N–H and O–H groups in total. The molecule has 37 heavy (non-hydrogen) atoms. The molecule has 13 heteroatoms. The van der Waals surface area contributed by atoms with Crippen molar-refractivity contribution in [1.29, 1.82) is 0 Å². The zero-order chi connectivity index (χ0) is 27.0. The molecule has 2 aromatic heterocycles. The number of nitrogens with zero attached hydrogens (tertiary/aromatic N) is 4. The second-order valence-corrected chi connectivity index (χ2v) is 7.59. The van der Waals surface area contributed by atoms with Crippen molar-refractivity contribution in [1.82, 2.24) is 19.7 Å². The third-order valence-electron chi connectivity index (χ3n) is 5.11. The summed E-state index contributed by atoms with van der Waals surface area (Å²) < 4.78 is 96.6. The Balaban J connectivity index is 2.03. The van der Waals surface area contributed by atoms with Crippen LogP contribution in [0.25, 0.3) is 34.5 Å². The molecule has 190 valence electrons. The predicted molar refractivity (Wildman–Crippen MR) is 118 cm³/mol. The van der Waals surface area contributed by atoms with Crippen LogP contribution in [0, 0.1) is 5.82 Å². The Labute approximate surface area is 203 Å². The minimum atomic E-state index is -4.86. The van der Waals surface area contributed by atoms with E-state index in [1.165, 1.54) is 12.1 Å². The van der Waals surface area contributed by atoms with Crippen LogP contribution in [0.4, 0.5) is 30.7 Å². The Morgan fingerprint density at radius 2 is 1.43 bits per heavy atom. The maximum atomic E-state index is 13.8. The average molecular weight is 521 g/mol. The van der Waals surface area contributed by atoms with Gasteiger partial charge >= 0.3 is 12.4 Å². The van der Waals surface area contributed by atoms with Gasteiger partial charge in [0.25, 0.3) is 5.91 Å². The number of benzene rings is 2. The zero-order valence-corrected chi connectivity index (χ0v) is 18.3. The predicted octanol–water partition coefficient (Wildman–Crippen LogP) is 5.67. The lowest BCUT2D eigenvalue weighted by Crippen LogP contribution is -2.15. The SMILES string of the molecule is NC(=O)/C(=C/n1nc(-c2ccccc2C(F)(F)F)nc1-c1ccccc1C(F)(F)F)c1cncc(F)c1. The minimum absolute atomic E-state index is 0.143. The van der Waals surface area contributed by atoms with Crippen LogP contribution in [0.5, 0.6) is 0 Å². The zero-order valence-electron chi connectivity index (χ0n) is 18.3. The highest BCUT2D eigenvalue weighted by atomic mass is 19.4. The third kappa shape index (κ3) is 5.34. The van der Waals surface area contributed by atoms with E-state index in [4.69, 9.17) is 5.73 Å². The smallest absolute Gasteiger partial charge is 0.366 e. The van der Waals surface area contributed by atoms with Crippen LogP contribution in [0.3, 0.4) is 0 Å². The van der Waals surface area contributed by atoms with Crippen LogP contribution >= 0.6 is 0 Å². The van der Waals surface area contributed by atoms with Gasteiger partial charge in [-0.15, -0.1) is 5.10 Å². The van der Waals surface area contributed by atoms with Crippen LogP contribution in [0.2, 0.25) is 0 Å². The van der Waals surface area contributed by atoms with Crippen LogP contribution in [-0.2, 0) is 17.1 Å². The van der Waals surface area contributed by atoms with E-state index in [-0.39, 0.29) is 5.56 Å². The summed E-state index contributed by atoms with van der Waals surface area (Å²) in [5.74, 6) is -3.08. The molecule has 6 nitrogen and oxygen atoms in total. The number of hydrogen-bond donors (Lipinski definition) is 1. The van der Waals surface area contributed by atoms with Gasteiger partial charge in [0.1, 0.15) is 5.82 Å². The van der Waals surface area contributed by atoms with Crippen LogP contribution < -0.4 is 5.73 Å². The van der Waals surface area contributed by atoms with E-state index < -0.39 is 63.6 Å². The molecule has 0 aliphatic heterocycles. The second kappa shape index (κ2) is 9.48. The van der Waals surface area contributed by atoms with Crippen LogP contribution in [0.1, 0.15) is 16.7 Å². The van der Waals surface area contributed by atoms with Crippen molar-refractivity contribution >= 4 is 17.7 Å². The fourth-order valence-corrected chi connectivity index (χ4v) is 3.52. The molecular formula is C24H14F7N5O. The molecule has 0 saturated carbocycles. The summed E-state index contributed by atoms with van der Waals surface area (Å²) in [5, 5.41) is 3.96. The summed E-state index contributed by atoms with van der Waals surface area (Å²) in [6.45, 7) is 0. The first-order valence-electron chi connectivity index (χ1n) is 10.3. The molecule has 4 rings (SSSR count). The number of aromatic nitrogens is 4. The first-order valence-corrected chi connectivity index (χ1v) is 10.3. The number of carbonyl (C=O) groups excluding carboxylic acids is 1. The molecule has 0 atom stereocenters. The number of halogens is 7. The maximum absolute atomic E-state index is 13.8. The molecular weight excluding hydrogens is 507 g/mol. The molecule has 0 spiro atoms. The molecule has 4 aromatic rings. The molecule has 0 saturated heterocycles. The Hall–Kier alpha value is -4.55. The third-order valence-corrected chi connectivity index (χ3v) is 5.11. The highest BCUT2D eigenvalue weighted by Gasteiger charge is 2.37. The van der Waals surface area contributed by atoms with E-state index in [0.29, 0.717) is 4.68 Å². The van der Waals surface area contributed by atoms with Crippen molar-refractivity contribution in [3.8, 4) is 22.8 Å². The molecule has 0 aliphatic rings. The topological polar surface area (TPSA) is 86.7 Å². The van der Waals surface area contributed by atoms with Gasteiger partial charge in [0.05, 0.1) is 22.9 Å². The number of alkyl halides is 6. The van der Waals surface area contributed by atoms with Gasteiger partial charge in [-0.05, 0) is 18.2 Å². The number of pyridine rings is 1.